The average Bonchev–Trinajstić information content (AvgIpc) is 3.30. The Morgan fingerprint density at radius 1 is 1.42 bits per heavy atom. The van der Waals surface area contributed by atoms with Gasteiger partial charge < -0.3 is 15.0 Å². The van der Waals surface area contributed by atoms with Crippen molar-refractivity contribution in [2.24, 2.45) is 0 Å². The Kier molecular flexibility index (Phi) is 6.13. The van der Waals surface area contributed by atoms with Crippen LogP contribution in [-0.4, -0.2) is 41.0 Å². The summed E-state index contributed by atoms with van der Waals surface area (Å²) in [5.41, 5.74) is 0.294. The summed E-state index contributed by atoms with van der Waals surface area (Å²) in [4.78, 5) is 42.3. The van der Waals surface area contributed by atoms with Crippen LogP contribution in [0.1, 0.15) is 35.3 Å². The standard InChI is InChI=1S/C17H20N4O4S/c22-14(19-9-12-3-2-8-25-12)6-5-11-10-26-17(20-11)21-16(24)13-4-1-7-18-15(13)23/h1,4,7,10,12H,2-3,5-6,8-9H2,(H,18,23)(H,19,22)(H,20,21,24). The molecule has 0 bridgehead atoms. The highest BCUT2D eigenvalue weighted by molar-refractivity contribution is 7.14. The number of amides is 2. The normalized spacial score (nSPS) is 16.4. The van der Waals surface area contributed by atoms with Crippen LogP contribution in [0.15, 0.2) is 28.5 Å². The zero-order chi connectivity index (χ0) is 18.4. The molecule has 8 nitrogen and oxygen atoms in total. The molecule has 2 aromatic rings. The lowest BCUT2D eigenvalue weighted by molar-refractivity contribution is -0.121. The first kappa shape index (κ1) is 18.3. The molecule has 1 fully saturated rings. The van der Waals surface area contributed by atoms with E-state index in [0.29, 0.717) is 24.5 Å². The summed E-state index contributed by atoms with van der Waals surface area (Å²) in [7, 11) is 0. The van der Waals surface area contributed by atoms with Crippen LogP contribution in [0.5, 0.6) is 0 Å². The topological polar surface area (TPSA) is 113 Å². The molecule has 1 unspecified atom stereocenters. The third kappa shape index (κ3) is 4.99. The lowest BCUT2D eigenvalue weighted by atomic mass is 10.2. The van der Waals surface area contributed by atoms with Crippen molar-refractivity contribution in [3.05, 3.63) is 45.3 Å². The summed E-state index contributed by atoms with van der Waals surface area (Å²) in [6.07, 6.45) is 4.42. The molecule has 3 N–H and O–H groups in total. The van der Waals surface area contributed by atoms with E-state index in [1.807, 2.05) is 0 Å². The van der Waals surface area contributed by atoms with Crippen LogP contribution in [0.4, 0.5) is 5.13 Å². The number of hydrogen-bond donors (Lipinski definition) is 3. The fourth-order valence-corrected chi connectivity index (χ4v) is 3.35. The first-order valence-corrected chi connectivity index (χ1v) is 9.31. The number of pyridine rings is 1. The average molecular weight is 376 g/mol. The van der Waals surface area contributed by atoms with Crippen LogP contribution in [0.2, 0.25) is 0 Å². The van der Waals surface area contributed by atoms with E-state index < -0.39 is 11.5 Å². The summed E-state index contributed by atoms with van der Waals surface area (Å²) in [5.74, 6) is -0.558. The molecule has 26 heavy (non-hydrogen) atoms. The molecule has 3 rings (SSSR count). The van der Waals surface area contributed by atoms with Crippen molar-refractivity contribution in [2.75, 3.05) is 18.5 Å². The highest BCUT2D eigenvalue weighted by Crippen LogP contribution is 2.17. The second kappa shape index (κ2) is 8.72. The lowest BCUT2D eigenvalue weighted by Crippen LogP contribution is -2.31. The smallest absolute Gasteiger partial charge is 0.263 e. The monoisotopic (exact) mass is 376 g/mol. The minimum Gasteiger partial charge on any atom is -0.376 e. The van der Waals surface area contributed by atoms with E-state index in [4.69, 9.17) is 4.74 Å². The number of nitrogens with zero attached hydrogens (tertiary/aromatic N) is 1. The molecule has 1 atom stereocenters. The van der Waals surface area contributed by atoms with Crippen LogP contribution in [0.25, 0.3) is 0 Å². The highest BCUT2D eigenvalue weighted by atomic mass is 32.1. The second-order valence-electron chi connectivity index (χ2n) is 5.95. The predicted octanol–water partition coefficient (Wildman–Crippen LogP) is 1.31. The van der Waals surface area contributed by atoms with Gasteiger partial charge in [-0.15, -0.1) is 11.3 Å². The molecule has 1 aliphatic rings. The van der Waals surface area contributed by atoms with E-state index in [0.717, 1.165) is 25.1 Å². The Bertz CT molecular complexity index is 826. The number of ether oxygens (including phenoxy) is 1. The maximum Gasteiger partial charge on any atom is 0.263 e. The quantitative estimate of drug-likeness (QED) is 0.674. The Hall–Kier alpha value is -2.52. The number of carbonyl (C=O) groups is 2. The molecule has 0 spiro atoms. The summed E-state index contributed by atoms with van der Waals surface area (Å²) in [5, 5.41) is 7.65. The number of thiazole rings is 1. The van der Waals surface area contributed by atoms with Crippen molar-refractivity contribution in [3.8, 4) is 0 Å². The van der Waals surface area contributed by atoms with Crippen molar-refractivity contribution >= 4 is 28.3 Å². The Balaban J connectivity index is 1.45. The van der Waals surface area contributed by atoms with E-state index in [-0.39, 0.29) is 17.6 Å². The molecular weight excluding hydrogens is 356 g/mol. The molecule has 0 saturated carbocycles. The van der Waals surface area contributed by atoms with E-state index in [2.05, 4.69) is 20.6 Å². The third-order valence-corrected chi connectivity index (χ3v) is 4.80. The molecule has 0 aliphatic carbocycles. The molecule has 2 aromatic heterocycles. The summed E-state index contributed by atoms with van der Waals surface area (Å²) >= 11 is 1.26. The molecule has 1 aliphatic heterocycles. The number of rotatable bonds is 7. The number of anilines is 1. The molecule has 1 saturated heterocycles. The first-order valence-electron chi connectivity index (χ1n) is 8.43. The zero-order valence-corrected chi connectivity index (χ0v) is 14.9. The molecule has 138 valence electrons. The molecule has 9 heteroatoms. The first-order chi connectivity index (χ1) is 12.6. The number of aromatic amines is 1. The van der Waals surface area contributed by atoms with Gasteiger partial charge in [-0.25, -0.2) is 4.98 Å². The number of carbonyl (C=O) groups excluding carboxylic acids is 2. The van der Waals surface area contributed by atoms with Gasteiger partial charge in [0, 0.05) is 31.1 Å². The zero-order valence-electron chi connectivity index (χ0n) is 14.1. The van der Waals surface area contributed by atoms with Gasteiger partial charge in [0.2, 0.25) is 5.91 Å². The molecule has 2 amide bonds. The van der Waals surface area contributed by atoms with Crippen molar-refractivity contribution in [1.82, 2.24) is 15.3 Å². The van der Waals surface area contributed by atoms with E-state index in [1.54, 1.807) is 11.4 Å². The van der Waals surface area contributed by atoms with E-state index in [9.17, 15) is 14.4 Å². The number of hydrogen-bond acceptors (Lipinski definition) is 6. The predicted molar refractivity (Wildman–Crippen MR) is 97.4 cm³/mol. The van der Waals surface area contributed by atoms with Crippen LogP contribution in [-0.2, 0) is 16.0 Å². The van der Waals surface area contributed by atoms with Crippen molar-refractivity contribution in [1.29, 1.82) is 0 Å². The Morgan fingerprint density at radius 3 is 3.08 bits per heavy atom. The largest absolute Gasteiger partial charge is 0.376 e. The maximum atomic E-state index is 12.1. The van der Waals surface area contributed by atoms with Gasteiger partial charge in [0.25, 0.3) is 11.5 Å². The fraction of sp³-hybridized carbons (Fsp3) is 0.412. The molecule has 0 radical (unpaired) electrons. The van der Waals surface area contributed by atoms with Gasteiger partial charge in [0.05, 0.1) is 11.8 Å². The van der Waals surface area contributed by atoms with Crippen molar-refractivity contribution in [2.45, 2.75) is 31.8 Å². The van der Waals surface area contributed by atoms with Gasteiger partial charge in [-0.2, -0.15) is 0 Å². The van der Waals surface area contributed by atoms with Gasteiger partial charge in [-0.1, -0.05) is 0 Å². The van der Waals surface area contributed by atoms with Gasteiger partial charge in [0.15, 0.2) is 5.13 Å². The van der Waals surface area contributed by atoms with Gasteiger partial charge in [-0.3, -0.25) is 19.7 Å². The van der Waals surface area contributed by atoms with E-state index in [1.165, 1.54) is 23.6 Å². The van der Waals surface area contributed by atoms with Crippen LogP contribution in [0.3, 0.4) is 0 Å². The third-order valence-electron chi connectivity index (χ3n) is 3.99. The lowest BCUT2D eigenvalue weighted by Gasteiger charge is -2.10. The van der Waals surface area contributed by atoms with Gasteiger partial charge in [-0.05, 0) is 31.4 Å². The minimum atomic E-state index is -0.512. The van der Waals surface area contributed by atoms with Crippen molar-refractivity contribution in [3.63, 3.8) is 0 Å². The second-order valence-corrected chi connectivity index (χ2v) is 6.81. The fourth-order valence-electron chi connectivity index (χ4n) is 2.61. The number of nitrogens with one attached hydrogen (secondary N) is 3. The minimum absolute atomic E-state index is 0.0257. The van der Waals surface area contributed by atoms with Gasteiger partial charge in [0.1, 0.15) is 5.56 Å². The number of H-pyrrole nitrogens is 1. The summed E-state index contributed by atoms with van der Waals surface area (Å²) in [6.45, 7) is 1.31. The molecule has 0 aromatic carbocycles. The molecule has 3 heterocycles. The van der Waals surface area contributed by atoms with E-state index >= 15 is 0 Å². The van der Waals surface area contributed by atoms with Crippen LogP contribution in [0, 0.1) is 0 Å². The highest BCUT2D eigenvalue weighted by Gasteiger charge is 2.16. The van der Waals surface area contributed by atoms with Crippen LogP contribution < -0.4 is 16.2 Å². The Morgan fingerprint density at radius 2 is 2.31 bits per heavy atom. The van der Waals surface area contributed by atoms with Crippen molar-refractivity contribution < 1.29 is 14.3 Å². The maximum absolute atomic E-state index is 12.1. The number of aromatic nitrogens is 2. The van der Waals surface area contributed by atoms with Crippen LogP contribution >= 0.6 is 11.3 Å². The molecular formula is C17H20N4O4S. The SMILES string of the molecule is O=C(CCc1csc(NC(=O)c2ccc[nH]c2=O)n1)NCC1CCCO1. The summed E-state index contributed by atoms with van der Waals surface area (Å²) in [6, 6.07) is 3.03. The Labute approximate surface area is 154 Å². The van der Waals surface area contributed by atoms with Gasteiger partial charge >= 0.3 is 0 Å². The summed E-state index contributed by atoms with van der Waals surface area (Å²) < 4.78 is 5.46. The number of aryl methyl sites for hydroxylation is 1.